The van der Waals surface area contributed by atoms with Crippen molar-refractivity contribution >= 4 is 0 Å². The number of rotatable bonds is 12. The largest absolute Gasteiger partial charge is 0.377 e. The zero-order valence-electron chi connectivity index (χ0n) is 17.2. The summed E-state index contributed by atoms with van der Waals surface area (Å²) in [5.41, 5.74) is 2.36. The van der Waals surface area contributed by atoms with Gasteiger partial charge in [0, 0.05) is 26.1 Å². The fourth-order valence-electron chi connectivity index (χ4n) is 3.78. The molecule has 29 heavy (non-hydrogen) atoms. The van der Waals surface area contributed by atoms with Crippen molar-refractivity contribution in [2.75, 3.05) is 13.2 Å². The van der Waals surface area contributed by atoms with Crippen LogP contribution in [0.1, 0.15) is 49.7 Å². The summed E-state index contributed by atoms with van der Waals surface area (Å²) in [6.45, 7) is 2.63. The molecule has 0 aromatic heterocycles. The molecule has 0 saturated carbocycles. The summed E-state index contributed by atoms with van der Waals surface area (Å²) in [6, 6.07) is 20.3. The number of ether oxygens (including phenoxy) is 3. The molecule has 3 rings (SSSR count). The van der Waals surface area contributed by atoms with E-state index in [1.807, 2.05) is 36.4 Å². The topological polar surface area (TPSA) is 27.7 Å². The molecule has 0 radical (unpaired) electrons. The Morgan fingerprint density at radius 2 is 1.17 bits per heavy atom. The van der Waals surface area contributed by atoms with Crippen LogP contribution >= 0.6 is 0 Å². The Morgan fingerprint density at radius 3 is 1.62 bits per heavy atom. The van der Waals surface area contributed by atoms with Crippen LogP contribution in [0.4, 0.5) is 4.39 Å². The summed E-state index contributed by atoms with van der Waals surface area (Å²) in [6.07, 6.45) is 3.80. The van der Waals surface area contributed by atoms with Crippen LogP contribution in [0.3, 0.4) is 0 Å². The van der Waals surface area contributed by atoms with Gasteiger partial charge in [-0.1, -0.05) is 60.7 Å². The van der Waals surface area contributed by atoms with Crippen molar-refractivity contribution in [3.63, 3.8) is 0 Å². The van der Waals surface area contributed by atoms with Gasteiger partial charge in [-0.25, -0.2) is 4.39 Å². The highest BCUT2D eigenvalue weighted by molar-refractivity contribution is 5.14. The average Bonchev–Trinajstić information content (AvgIpc) is 2.74. The Bertz CT molecular complexity index is 607. The number of hydrogen-bond acceptors (Lipinski definition) is 3. The average molecular weight is 401 g/mol. The van der Waals surface area contributed by atoms with E-state index in [9.17, 15) is 4.39 Å². The molecular formula is C25H33FO3. The minimum absolute atomic E-state index is 0.00862. The highest BCUT2D eigenvalue weighted by atomic mass is 19.1. The van der Waals surface area contributed by atoms with Gasteiger partial charge in [-0.3, -0.25) is 0 Å². The molecular weight excluding hydrogens is 367 g/mol. The molecule has 0 amide bonds. The van der Waals surface area contributed by atoms with Crippen molar-refractivity contribution in [1.29, 1.82) is 0 Å². The maximum Gasteiger partial charge on any atom is 0.105 e. The third-order valence-electron chi connectivity index (χ3n) is 5.27. The SMILES string of the molecule is FC1C[C@@H](CCCOCc2ccccc2)O[C@@H](CCCOCc2ccccc2)C1. The summed E-state index contributed by atoms with van der Waals surface area (Å²) in [4.78, 5) is 0. The fraction of sp³-hybridized carbons (Fsp3) is 0.520. The van der Waals surface area contributed by atoms with Crippen LogP contribution in [-0.4, -0.2) is 31.6 Å². The van der Waals surface area contributed by atoms with E-state index in [0.29, 0.717) is 39.3 Å². The van der Waals surface area contributed by atoms with Crippen LogP contribution in [0.2, 0.25) is 0 Å². The van der Waals surface area contributed by atoms with Gasteiger partial charge in [0.1, 0.15) is 6.17 Å². The summed E-state index contributed by atoms with van der Waals surface area (Å²) in [7, 11) is 0. The molecule has 158 valence electrons. The van der Waals surface area contributed by atoms with E-state index in [1.165, 1.54) is 11.1 Å². The normalized spacial score (nSPS) is 21.9. The smallest absolute Gasteiger partial charge is 0.105 e. The summed E-state index contributed by atoms with van der Waals surface area (Å²) < 4.78 is 31.7. The van der Waals surface area contributed by atoms with Crippen molar-refractivity contribution in [3.05, 3.63) is 71.8 Å². The standard InChI is InChI=1S/C25H33FO3/c26-23-17-24(13-7-15-27-19-21-9-3-1-4-10-21)29-25(18-23)14-8-16-28-20-22-11-5-2-6-12-22/h1-6,9-12,23-25H,7-8,13-20H2/t23?,24-,25+. The van der Waals surface area contributed by atoms with Crippen LogP contribution in [0.5, 0.6) is 0 Å². The van der Waals surface area contributed by atoms with Crippen LogP contribution in [0.25, 0.3) is 0 Å². The molecule has 0 bridgehead atoms. The lowest BCUT2D eigenvalue weighted by Crippen LogP contribution is -2.34. The molecule has 1 unspecified atom stereocenters. The number of alkyl halides is 1. The molecule has 0 aliphatic carbocycles. The van der Waals surface area contributed by atoms with E-state index in [4.69, 9.17) is 14.2 Å². The predicted octanol–water partition coefficient (Wildman–Crippen LogP) is 5.87. The van der Waals surface area contributed by atoms with Gasteiger partial charge in [-0.15, -0.1) is 0 Å². The Hall–Kier alpha value is -1.75. The molecule has 4 heteroatoms. The molecule has 3 nitrogen and oxygen atoms in total. The van der Waals surface area contributed by atoms with Gasteiger partial charge in [-0.2, -0.15) is 0 Å². The van der Waals surface area contributed by atoms with Crippen LogP contribution in [0.15, 0.2) is 60.7 Å². The van der Waals surface area contributed by atoms with Crippen molar-refractivity contribution in [3.8, 4) is 0 Å². The Balaban J connectivity index is 1.25. The zero-order valence-corrected chi connectivity index (χ0v) is 17.2. The molecule has 0 spiro atoms. The minimum Gasteiger partial charge on any atom is -0.377 e. The molecule has 1 heterocycles. The van der Waals surface area contributed by atoms with Crippen molar-refractivity contribution < 1.29 is 18.6 Å². The first-order valence-corrected chi connectivity index (χ1v) is 10.8. The maximum atomic E-state index is 14.1. The lowest BCUT2D eigenvalue weighted by molar-refractivity contribution is -0.0872. The predicted molar refractivity (Wildman–Crippen MR) is 113 cm³/mol. The molecule has 0 N–H and O–H groups in total. The monoisotopic (exact) mass is 400 g/mol. The minimum atomic E-state index is -0.755. The lowest BCUT2D eigenvalue weighted by Gasteiger charge is -2.32. The fourth-order valence-corrected chi connectivity index (χ4v) is 3.78. The highest BCUT2D eigenvalue weighted by Crippen LogP contribution is 2.27. The quantitative estimate of drug-likeness (QED) is 0.417. The van der Waals surface area contributed by atoms with Crippen LogP contribution in [-0.2, 0) is 27.4 Å². The second-order valence-corrected chi connectivity index (χ2v) is 7.81. The van der Waals surface area contributed by atoms with Gasteiger partial charge in [0.15, 0.2) is 0 Å². The van der Waals surface area contributed by atoms with Gasteiger partial charge in [0.05, 0.1) is 25.4 Å². The summed E-state index contributed by atoms with van der Waals surface area (Å²) in [5, 5.41) is 0. The van der Waals surface area contributed by atoms with E-state index in [0.717, 1.165) is 25.7 Å². The van der Waals surface area contributed by atoms with Gasteiger partial charge in [-0.05, 0) is 36.8 Å². The van der Waals surface area contributed by atoms with Gasteiger partial charge in [0.2, 0.25) is 0 Å². The van der Waals surface area contributed by atoms with Gasteiger partial charge >= 0.3 is 0 Å². The summed E-state index contributed by atoms with van der Waals surface area (Å²) in [5.74, 6) is 0. The first-order valence-electron chi connectivity index (χ1n) is 10.8. The zero-order chi connectivity index (χ0) is 20.2. The van der Waals surface area contributed by atoms with E-state index in [-0.39, 0.29) is 12.2 Å². The Kier molecular flexibility index (Phi) is 9.64. The highest BCUT2D eigenvalue weighted by Gasteiger charge is 2.28. The number of benzene rings is 2. The van der Waals surface area contributed by atoms with Crippen LogP contribution < -0.4 is 0 Å². The number of halogens is 1. The van der Waals surface area contributed by atoms with E-state index >= 15 is 0 Å². The number of hydrogen-bond donors (Lipinski definition) is 0. The maximum absolute atomic E-state index is 14.1. The lowest BCUT2D eigenvalue weighted by atomic mass is 9.97. The van der Waals surface area contributed by atoms with E-state index in [1.54, 1.807) is 0 Å². The third-order valence-corrected chi connectivity index (χ3v) is 5.27. The van der Waals surface area contributed by atoms with Crippen molar-refractivity contribution in [1.82, 2.24) is 0 Å². The summed E-state index contributed by atoms with van der Waals surface area (Å²) >= 11 is 0. The third kappa shape index (κ3) is 8.65. The first-order chi connectivity index (χ1) is 14.3. The second-order valence-electron chi connectivity index (χ2n) is 7.81. The van der Waals surface area contributed by atoms with Crippen molar-refractivity contribution in [2.24, 2.45) is 0 Å². The molecule has 2 aromatic rings. The van der Waals surface area contributed by atoms with E-state index < -0.39 is 6.17 Å². The molecule has 1 aliphatic heterocycles. The second kappa shape index (κ2) is 12.7. The molecule has 1 saturated heterocycles. The first kappa shape index (κ1) is 21.9. The van der Waals surface area contributed by atoms with Crippen molar-refractivity contribution in [2.45, 2.75) is 70.1 Å². The molecule has 1 aliphatic rings. The Labute approximate surface area is 174 Å². The van der Waals surface area contributed by atoms with Gasteiger partial charge < -0.3 is 14.2 Å². The molecule has 2 aromatic carbocycles. The van der Waals surface area contributed by atoms with E-state index in [2.05, 4.69) is 24.3 Å². The van der Waals surface area contributed by atoms with Crippen LogP contribution in [0, 0.1) is 0 Å². The molecule has 3 atom stereocenters. The Morgan fingerprint density at radius 1 is 0.724 bits per heavy atom. The molecule has 1 fully saturated rings. The van der Waals surface area contributed by atoms with Gasteiger partial charge in [0.25, 0.3) is 0 Å².